The van der Waals surface area contributed by atoms with E-state index in [4.69, 9.17) is 0 Å². The molecule has 0 aliphatic rings. The van der Waals surface area contributed by atoms with E-state index in [0.29, 0.717) is 0 Å². The summed E-state index contributed by atoms with van der Waals surface area (Å²) in [5.74, 6) is 0. The van der Waals surface area contributed by atoms with Crippen LogP contribution in [0.15, 0.2) is 24.3 Å². The molecule has 0 aliphatic carbocycles. The molecule has 54 heavy (non-hydrogen) atoms. The fraction of sp³-hybridized carbons (Fsp3) is 0.887. The maximum Gasteiger partial charge on any atom is 0.122 e. The lowest BCUT2D eigenvalue weighted by Gasteiger charge is -2.53. The van der Waals surface area contributed by atoms with E-state index in [1.807, 2.05) is 0 Å². The average Bonchev–Trinajstić information content (AvgIpc) is 3.18. The maximum atomic E-state index is 2.69. The van der Waals surface area contributed by atoms with Gasteiger partial charge in [-0.1, -0.05) is 245 Å². The minimum absolute atomic E-state index is 0.193. The number of quaternary nitrogens is 1. The van der Waals surface area contributed by atoms with Gasteiger partial charge >= 0.3 is 0 Å². The Labute approximate surface area is 343 Å². The Kier molecular flexibility index (Phi) is 34.6. The van der Waals surface area contributed by atoms with Crippen LogP contribution in [0.2, 0.25) is 0 Å². The van der Waals surface area contributed by atoms with Gasteiger partial charge < -0.3 is 4.48 Å². The van der Waals surface area contributed by atoms with Gasteiger partial charge in [0.2, 0.25) is 0 Å². The number of hydrogen-bond acceptors (Lipinski definition) is 0. The second-order valence-electron chi connectivity index (χ2n) is 18.4. The van der Waals surface area contributed by atoms with Crippen LogP contribution in [-0.2, 0) is 5.54 Å². The molecule has 0 aliphatic heterocycles. The van der Waals surface area contributed by atoms with Crippen molar-refractivity contribution in [2.75, 3.05) is 19.6 Å². The first-order chi connectivity index (χ1) is 26.5. The molecule has 0 radical (unpaired) electrons. The molecule has 2 unspecified atom stereocenters. The Morgan fingerprint density at radius 1 is 0.352 bits per heavy atom. The molecule has 0 N–H and O–H groups in total. The molecule has 0 amide bonds. The molecule has 0 heterocycles. The van der Waals surface area contributed by atoms with Crippen molar-refractivity contribution >= 4 is 0 Å². The van der Waals surface area contributed by atoms with E-state index in [9.17, 15) is 0 Å². The van der Waals surface area contributed by atoms with Crippen molar-refractivity contribution in [2.45, 2.75) is 285 Å². The van der Waals surface area contributed by atoms with E-state index in [2.05, 4.69) is 65.8 Å². The minimum Gasteiger partial charge on any atom is -0.315 e. The molecule has 0 saturated carbocycles. The smallest absolute Gasteiger partial charge is 0.122 e. The highest BCUT2D eigenvalue weighted by atomic mass is 15.4. The van der Waals surface area contributed by atoms with Crippen molar-refractivity contribution in [1.29, 1.82) is 0 Å². The number of nitrogens with zero attached hydrogens (tertiary/aromatic N) is 1. The largest absolute Gasteiger partial charge is 0.315 e. The summed E-state index contributed by atoms with van der Waals surface area (Å²) in [4.78, 5) is 0. The Morgan fingerprint density at radius 2 is 0.593 bits per heavy atom. The zero-order valence-corrected chi connectivity index (χ0v) is 38.5. The third kappa shape index (κ3) is 24.1. The molecule has 0 saturated heterocycles. The molecule has 318 valence electrons. The minimum atomic E-state index is 0.193. The van der Waals surface area contributed by atoms with Gasteiger partial charge in [-0.15, -0.1) is 0 Å². The number of rotatable bonds is 42. The molecule has 1 aromatic carbocycles. The van der Waals surface area contributed by atoms with Crippen LogP contribution in [0.25, 0.3) is 0 Å². The highest BCUT2D eigenvalue weighted by Crippen LogP contribution is 2.42. The predicted molar refractivity (Wildman–Crippen MR) is 247 cm³/mol. The summed E-state index contributed by atoms with van der Waals surface area (Å²) in [7, 11) is 0. The molecule has 1 aromatic rings. The Morgan fingerprint density at radius 3 is 0.833 bits per heavy atom. The number of aryl methyl sites for hydroxylation is 1. The second kappa shape index (κ2) is 36.5. The van der Waals surface area contributed by atoms with Crippen molar-refractivity contribution in [3.05, 3.63) is 35.4 Å². The number of benzene rings is 1. The first kappa shape index (κ1) is 51.2. The SMILES string of the molecule is CCCCCCCCCCCCCCCC[N+](CCCCCCCCCCCC)(CCCCCCCCCCCCCC)C(C)(CC)c1ccccc1C. The van der Waals surface area contributed by atoms with Crippen LogP contribution in [0.1, 0.15) is 283 Å². The van der Waals surface area contributed by atoms with Gasteiger partial charge in [0.15, 0.2) is 0 Å². The monoisotopic (exact) mass is 753 g/mol. The topological polar surface area (TPSA) is 0 Å². The van der Waals surface area contributed by atoms with Crippen LogP contribution in [0.3, 0.4) is 0 Å². The van der Waals surface area contributed by atoms with Crippen LogP contribution < -0.4 is 0 Å². The summed E-state index contributed by atoms with van der Waals surface area (Å²) in [5, 5.41) is 0. The first-order valence-electron chi connectivity index (χ1n) is 25.4. The molecule has 1 rings (SSSR count). The van der Waals surface area contributed by atoms with E-state index in [1.54, 1.807) is 5.56 Å². The summed E-state index contributed by atoms with van der Waals surface area (Å²) in [6, 6.07) is 9.51. The highest BCUT2D eigenvalue weighted by molar-refractivity contribution is 5.31. The van der Waals surface area contributed by atoms with Crippen LogP contribution >= 0.6 is 0 Å². The molecule has 2 atom stereocenters. The standard InChI is InChI=1S/C53H102N/c1-7-11-14-17-20-23-26-28-29-31-34-37-40-45-50-54(48-43-38-35-32-25-22-19-16-13-9-3,53(6,10-4)52-47-42-41-46-51(52)5)49-44-39-36-33-30-27-24-21-18-15-12-8-2/h41-42,46-47H,7-40,43-45,48-50H2,1-6H3/q+1. The third-order valence-electron chi connectivity index (χ3n) is 13.8. The van der Waals surface area contributed by atoms with Gasteiger partial charge in [-0.25, -0.2) is 0 Å². The van der Waals surface area contributed by atoms with Crippen LogP contribution in [0.5, 0.6) is 0 Å². The Hall–Kier alpha value is -0.820. The summed E-state index contributed by atoms with van der Waals surface area (Å²) in [6.07, 6.45) is 53.2. The van der Waals surface area contributed by atoms with Gasteiger partial charge in [0.05, 0.1) is 19.6 Å². The van der Waals surface area contributed by atoms with Gasteiger partial charge in [0.1, 0.15) is 5.54 Å². The van der Waals surface area contributed by atoms with Crippen LogP contribution in [0, 0.1) is 6.92 Å². The van der Waals surface area contributed by atoms with Crippen LogP contribution in [0.4, 0.5) is 0 Å². The normalized spacial score (nSPS) is 14.0. The van der Waals surface area contributed by atoms with E-state index < -0.39 is 0 Å². The van der Waals surface area contributed by atoms with E-state index in [1.165, 1.54) is 267 Å². The van der Waals surface area contributed by atoms with Crippen molar-refractivity contribution in [3.63, 3.8) is 0 Å². The molecule has 1 heteroatoms. The van der Waals surface area contributed by atoms with Gasteiger partial charge in [-0.2, -0.15) is 0 Å². The lowest BCUT2D eigenvalue weighted by Crippen LogP contribution is -2.62. The molecule has 0 spiro atoms. The van der Waals surface area contributed by atoms with Gasteiger partial charge in [-0.05, 0) is 57.9 Å². The van der Waals surface area contributed by atoms with E-state index >= 15 is 0 Å². The highest BCUT2D eigenvalue weighted by Gasteiger charge is 2.46. The maximum absolute atomic E-state index is 2.69. The second-order valence-corrected chi connectivity index (χ2v) is 18.4. The van der Waals surface area contributed by atoms with Gasteiger partial charge in [-0.3, -0.25) is 0 Å². The predicted octanol–water partition coefficient (Wildman–Crippen LogP) is 18.5. The Balaban J connectivity index is 2.81. The summed E-state index contributed by atoms with van der Waals surface area (Å²) in [6.45, 7) is 18.7. The molecule has 1 nitrogen and oxygen atoms in total. The Bertz CT molecular complexity index is 906. The first-order valence-corrected chi connectivity index (χ1v) is 25.4. The molecular formula is C53H102N+. The summed E-state index contributed by atoms with van der Waals surface area (Å²) >= 11 is 0. The van der Waals surface area contributed by atoms with Crippen molar-refractivity contribution in [3.8, 4) is 0 Å². The quantitative estimate of drug-likeness (QED) is 0.0461. The van der Waals surface area contributed by atoms with E-state index in [0.717, 1.165) is 0 Å². The molecular weight excluding hydrogens is 651 g/mol. The molecule has 0 bridgehead atoms. The number of hydrogen-bond donors (Lipinski definition) is 0. The summed E-state index contributed by atoms with van der Waals surface area (Å²) < 4.78 is 1.33. The van der Waals surface area contributed by atoms with E-state index in [-0.39, 0.29) is 5.54 Å². The zero-order valence-electron chi connectivity index (χ0n) is 38.5. The van der Waals surface area contributed by atoms with Crippen LogP contribution in [-0.4, -0.2) is 24.1 Å². The van der Waals surface area contributed by atoms with Gasteiger partial charge in [0.25, 0.3) is 0 Å². The van der Waals surface area contributed by atoms with Crippen molar-refractivity contribution < 1.29 is 4.48 Å². The lowest BCUT2D eigenvalue weighted by atomic mass is 9.81. The van der Waals surface area contributed by atoms with Crippen molar-refractivity contribution in [2.24, 2.45) is 0 Å². The average molecular weight is 753 g/mol. The zero-order chi connectivity index (χ0) is 39.3. The molecule has 0 aromatic heterocycles. The fourth-order valence-corrected chi connectivity index (χ4v) is 9.80. The van der Waals surface area contributed by atoms with Crippen molar-refractivity contribution in [1.82, 2.24) is 0 Å². The number of unbranched alkanes of at least 4 members (excludes halogenated alkanes) is 33. The summed E-state index contributed by atoms with van der Waals surface area (Å²) in [5.41, 5.74) is 3.35. The third-order valence-corrected chi connectivity index (χ3v) is 13.8. The van der Waals surface area contributed by atoms with Gasteiger partial charge in [0, 0.05) is 12.0 Å². The fourth-order valence-electron chi connectivity index (χ4n) is 9.80. The molecule has 0 fully saturated rings. The lowest BCUT2D eigenvalue weighted by molar-refractivity contribution is -0.983.